The number of rotatable bonds is 6. The molecule has 0 amide bonds. The SMILES string of the molecule is C=C(O[C@H]1[C@H](O)[C@H](OP(=O)(O)O)C=C(C(=O)O)[C@@H]1F)C(=O)O. The molecule has 0 aromatic carbocycles. The van der Waals surface area contributed by atoms with Crippen molar-refractivity contribution in [3.8, 4) is 0 Å². The molecule has 0 aliphatic heterocycles. The highest BCUT2D eigenvalue weighted by Gasteiger charge is 2.46. The molecule has 0 bridgehead atoms. The van der Waals surface area contributed by atoms with Gasteiger partial charge in [0.2, 0.25) is 0 Å². The van der Waals surface area contributed by atoms with Crippen molar-refractivity contribution in [2.75, 3.05) is 0 Å². The summed E-state index contributed by atoms with van der Waals surface area (Å²) in [7, 11) is -5.14. The van der Waals surface area contributed by atoms with Crippen LogP contribution in [0.15, 0.2) is 24.0 Å². The van der Waals surface area contributed by atoms with Crippen molar-refractivity contribution in [3.05, 3.63) is 24.0 Å². The lowest BCUT2D eigenvalue weighted by atomic mass is 9.90. The van der Waals surface area contributed by atoms with Crippen LogP contribution in [0.5, 0.6) is 0 Å². The minimum atomic E-state index is -5.14. The summed E-state index contributed by atoms with van der Waals surface area (Å²) in [6.07, 6.45) is -8.09. The van der Waals surface area contributed by atoms with Gasteiger partial charge >= 0.3 is 19.8 Å². The zero-order valence-corrected chi connectivity index (χ0v) is 11.6. The first-order valence-corrected chi connectivity index (χ1v) is 7.07. The molecule has 5 N–H and O–H groups in total. The summed E-state index contributed by atoms with van der Waals surface area (Å²) in [5.41, 5.74) is -1.01. The monoisotopic (exact) mass is 342 g/mol. The van der Waals surface area contributed by atoms with E-state index in [2.05, 4.69) is 15.8 Å². The summed E-state index contributed by atoms with van der Waals surface area (Å²) in [6, 6.07) is 0. The first kappa shape index (κ1) is 18.3. The van der Waals surface area contributed by atoms with Crippen molar-refractivity contribution in [1.29, 1.82) is 0 Å². The molecule has 0 aromatic rings. The molecule has 0 radical (unpaired) electrons. The highest BCUT2D eigenvalue weighted by molar-refractivity contribution is 7.46. The maximum Gasteiger partial charge on any atom is 0.470 e. The van der Waals surface area contributed by atoms with Crippen LogP contribution < -0.4 is 0 Å². The lowest BCUT2D eigenvalue weighted by molar-refractivity contribution is -0.144. The van der Waals surface area contributed by atoms with Crippen molar-refractivity contribution in [3.63, 3.8) is 0 Å². The van der Waals surface area contributed by atoms with Crippen LogP contribution in [-0.2, 0) is 23.4 Å². The molecule has 0 spiro atoms. The normalized spacial score (nSPS) is 28.6. The first-order valence-electron chi connectivity index (χ1n) is 5.54. The Morgan fingerprint density at radius 3 is 2.27 bits per heavy atom. The van der Waals surface area contributed by atoms with E-state index < -0.39 is 55.6 Å². The first-order chi connectivity index (χ1) is 9.94. The van der Waals surface area contributed by atoms with E-state index in [1.807, 2.05) is 0 Å². The second kappa shape index (κ2) is 6.55. The van der Waals surface area contributed by atoms with Crippen LogP contribution in [0.3, 0.4) is 0 Å². The summed E-state index contributed by atoms with van der Waals surface area (Å²) in [5.74, 6) is -4.49. The van der Waals surface area contributed by atoms with Crippen LogP contribution in [0.4, 0.5) is 4.39 Å². The van der Waals surface area contributed by atoms with Crippen LogP contribution >= 0.6 is 7.82 Å². The Labute approximate surface area is 122 Å². The number of carboxylic acids is 2. The number of phosphoric ester groups is 1. The third-order valence-corrected chi connectivity index (χ3v) is 3.14. The molecular formula is C10H12FO10P. The molecule has 0 saturated heterocycles. The van der Waals surface area contributed by atoms with Gasteiger partial charge in [-0.2, -0.15) is 0 Å². The standard InChI is InChI=1S/C10H12FO10P/c1-3(9(13)14)20-8-6(11)4(10(15)16)2-5(7(8)12)21-22(17,18)19/h2,5-8,12H,1H2,(H,13,14)(H,15,16)(H2,17,18,19)/t5-,6+,7-,8-/m1/s1. The number of hydrogen-bond acceptors (Lipinski definition) is 6. The van der Waals surface area contributed by atoms with Gasteiger partial charge in [-0.05, 0) is 12.7 Å². The van der Waals surface area contributed by atoms with Gasteiger partial charge in [-0.1, -0.05) is 0 Å². The fraction of sp³-hybridized carbons (Fsp3) is 0.400. The second-order valence-electron chi connectivity index (χ2n) is 4.19. The summed E-state index contributed by atoms with van der Waals surface area (Å²) in [5, 5.41) is 27.2. The third-order valence-electron chi connectivity index (χ3n) is 2.63. The minimum Gasteiger partial charge on any atom is -0.478 e. The number of alkyl halides is 1. The van der Waals surface area contributed by atoms with E-state index in [-0.39, 0.29) is 0 Å². The fourth-order valence-corrected chi connectivity index (χ4v) is 2.19. The maximum atomic E-state index is 14.0. The molecule has 0 fully saturated rings. The molecule has 1 rings (SSSR count). The van der Waals surface area contributed by atoms with E-state index in [1.165, 1.54) is 0 Å². The number of aliphatic hydroxyl groups excluding tert-OH is 1. The maximum absolute atomic E-state index is 14.0. The highest BCUT2D eigenvalue weighted by atomic mass is 31.2. The molecule has 124 valence electrons. The predicted octanol–water partition coefficient (Wildman–Crippen LogP) is -0.829. The van der Waals surface area contributed by atoms with Gasteiger partial charge in [-0.25, -0.2) is 18.5 Å². The van der Waals surface area contributed by atoms with Crippen molar-refractivity contribution in [2.24, 2.45) is 0 Å². The Morgan fingerprint density at radius 1 is 1.32 bits per heavy atom. The van der Waals surface area contributed by atoms with E-state index in [9.17, 15) is 23.7 Å². The minimum absolute atomic E-state index is 0.472. The number of carbonyl (C=O) groups is 2. The molecule has 1 aliphatic carbocycles. The van der Waals surface area contributed by atoms with E-state index in [0.717, 1.165) is 0 Å². The Hall–Kier alpha value is -1.78. The molecule has 0 heterocycles. The van der Waals surface area contributed by atoms with E-state index in [0.29, 0.717) is 6.08 Å². The smallest absolute Gasteiger partial charge is 0.470 e. The van der Waals surface area contributed by atoms with Gasteiger partial charge in [0.15, 0.2) is 18.0 Å². The van der Waals surface area contributed by atoms with Crippen LogP contribution in [0.1, 0.15) is 0 Å². The Kier molecular flexibility index (Phi) is 5.44. The average molecular weight is 342 g/mol. The molecule has 1 aliphatic rings. The molecule has 0 saturated carbocycles. The fourth-order valence-electron chi connectivity index (χ4n) is 1.69. The van der Waals surface area contributed by atoms with Gasteiger partial charge in [0.1, 0.15) is 12.2 Å². The summed E-state index contributed by atoms with van der Waals surface area (Å²) >= 11 is 0. The van der Waals surface area contributed by atoms with Gasteiger partial charge < -0.3 is 29.8 Å². The van der Waals surface area contributed by atoms with E-state index in [1.54, 1.807) is 0 Å². The molecule has 4 atom stereocenters. The predicted molar refractivity (Wildman–Crippen MR) is 65.2 cm³/mol. The molecular weight excluding hydrogens is 330 g/mol. The molecule has 10 nitrogen and oxygen atoms in total. The molecule has 0 aromatic heterocycles. The number of halogens is 1. The highest BCUT2D eigenvalue weighted by Crippen LogP contribution is 2.41. The van der Waals surface area contributed by atoms with Crippen LogP contribution in [-0.4, -0.2) is 61.5 Å². The topological polar surface area (TPSA) is 171 Å². The molecule has 0 unspecified atom stereocenters. The number of ether oxygens (including phenoxy) is 1. The van der Waals surface area contributed by atoms with E-state index in [4.69, 9.17) is 20.0 Å². The number of carboxylic acid groups (broad SMARTS) is 2. The van der Waals surface area contributed by atoms with Gasteiger partial charge in [-0.3, -0.25) is 4.52 Å². The van der Waals surface area contributed by atoms with Crippen molar-refractivity contribution < 1.29 is 52.9 Å². The van der Waals surface area contributed by atoms with Crippen LogP contribution in [0.2, 0.25) is 0 Å². The van der Waals surface area contributed by atoms with Crippen molar-refractivity contribution >= 4 is 19.8 Å². The van der Waals surface area contributed by atoms with Gasteiger partial charge in [0.25, 0.3) is 0 Å². The Bertz CT molecular complexity index is 566. The summed E-state index contributed by atoms with van der Waals surface area (Å²) in [6.45, 7) is 2.93. The van der Waals surface area contributed by atoms with E-state index >= 15 is 0 Å². The Morgan fingerprint density at radius 2 is 1.86 bits per heavy atom. The lowest BCUT2D eigenvalue weighted by Gasteiger charge is -2.34. The van der Waals surface area contributed by atoms with Crippen molar-refractivity contribution in [1.82, 2.24) is 0 Å². The second-order valence-corrected chi connectivity index (χ2v) is 5.38. The van der Waals surface area contributed by atoms with Gasteiger partial charge in [0.05, 0.1) is 5.57 Å². The number of hydrogen-bond donors (Lipinski definition) is 5. The van der Waals surface area contributed by atoms with Crippen LogP contribution in [0.25, 0.3) is 0 Å². The lowest BCUT2D eigenvalue weighted by Crippen LogP contribution is -2.50. The number of aliphatic carboxylic acids is 2. The molecule has 22 heavy (non-hydrogen) atoms. The Balaban J connectivity index is 3.15. The van der Waals surface area contributed by atoms with Crippen molar-refractivity contribution in [2.45, 2.75) is 24.5 Å². The number of aliphatic hydroxyl groups is 1. The largest absolute Gasteiger partial charge is 0.478 e. The quantitative estimate of drug-likeness (QED) is 0.233. The zero-order valence-electron chi connectivity index (χ0n) is 10.7. The van der Waals surface area contributed by atoms with Gasteiger partial charge in [0, 0.05) is 0 Å². The summed E-state index contributed by atoms with van der Waals surface area (Å²) in [4.78, 5) is 38.9. The zero-order chi connectivity index (χ0) is 17.2. The number of phosphoric acid groups is 1. The van der Waals surface area contributed by atoms with Gasteiger partial charge in [-0.15, -0.1) is 0 Å². The summed E-state index contributed by atoms with van der Waals surface area (Å²) < 4.78 is 33.5. The third kappa shape index (κ3) is 4.36. The molecule has 12 heteroatoms. The van der Waals surface area contributed by atoms with Crippen LogP contribution in [0, 0.1) is 0 Å². The average Bonchev–Trinajstić information content (AvgIpc) is 2.35.